The molecule has 1 N–H and O–H groups in total. The van der Waals surface area contributed by atoms with Crippen LogP contribution in [0.1, 0.15) is 29.2 Å². The Morgan fingerprint density at radius 2 is 1.79 bits per heavy atom. The molecule has 1 aliphatic heterocycles. The smallest absolute Gasteiger partial charge is 0.0657 e. The lowest BCUT2D eigenvalue weighted by atomic mass is 9.90. The summed E-state index contributed by atoms with van der Waals surface area (Å²) in [5.74, 6) is 0. The number of nitrogens with zero attached hydrogens (tertiary/aromatic N) is 1. The van der Waals surface area contributed by atoms with E-state index < -0.39 is 0 Å². The van der Waals surface area contributed by atoms with Gasteiger partial charge in [-0.1, -0.05) is 38.0 Å². The minimum atomic E-state index is 0.713. The number of rotatable bonds is 8. The van der Waals surface area contributed by atoms with Gasteiger partial charge in [-0.05, 0) is 67.1 Å². The monoisotopic (exact) mass is 320 g/mol. The molecule has 1 aromatic rings. The standard InChI is InChI=1S/C21H29BN2/c1-5-24(15-21-7-6-13-23-18(21)4)14-11-20-9-8-19(10-12-22)16(2)17(20)3/h6-9,13,23H,4-5,10-12,14-15H2,1-3H3. The quantitative estimate of drug-likeness (QED) is 0.732. The van der Waals surface area contributed by atoms with E-state index in [2.05, 4.69) is 55.8 Å². The van der Waals surface area contributed by atoms with Crippen LogP contribution in [0.15, 0.2) is 48.3 Å². The zero-order valence-corrected chi connectivity index (χ0v) is 15.4. The first-order valence-corrected chi connectivity index (χ1v) is 8.88. The number of likely N-dealkylation sites (N-methyl/N-ethyl adjacent to an activating group) is 1. The van der Waals surface area contributed by atoms with Gasteiger partial charge in [-0.15, -0.1) is 0 Å². The van der Waals surface area contributed by atoms with Gasteiger partial charge in [-0.2, -0.15) is 0 Å². The molecule has 3 heteroatoms. The number of allylic oxidation sites excluding steroid dienone is 2. The summed E-state index contributed by atoms with van der Waals surface area (Å²) in [5, 5.41) is 3.19. The van der Waals surface area contributed by atoms with Gasteiger partial charge in [0.25, 0.3) is 0 Å². The highest BCUT2D eigenvalue weighted by Gasteiger charge is 2.11. The van der Waals surface area contributed by atoms with Gasteiger partial charge >= 0.3 is 0 Å². The van der Waals surface area contributed by atoms with Gasteiger partial charge in [0.1, 0.15) is 0 Å². The number of hydrogen-bond acceptors (Lipinski definition) is 2. The highest BCUT2D eigenvalue weighted by Crippen LogP contribution is 2.20. The number of hydrogen-bond donors (Lipinski definition) is 1. The Balaban J connectivity index is 2.00. The average molecular weight is 320 g/mol. The topological polar surface area (TPSA) is 15.3 Å². The molecule has 0 saturated heterocycles. The summed E-state index contributed by atoms with van der Waals surface area (Å²) in [4.78, 5) is 2.47. The van der Waals surface area contributed by atoms with Crippen LogP contribution in [0.2, 0.25) is 6.32 Å². The Hall–Kier alpha value is -1.74. The van der Waals surface area contributed by atoms with Crippen LogP contribution in [-0.4, -0.2) is 32.4 Å². The fourth-order valence-corrected chi connectivity index (χ4v) is 3.15. The Kier molecular flexibility index (Phi) is 6.92. The zero-order chi connectivity index (χ0) is 17.5. The lowest BCUT2D eigenvalue weighted by Gasteiger charge is -2.24. The molecule has 2 nitrogen and oxygen atoms in total. The summed E-state index contributed by atoms with van der Waals surface area (Å²) in [5.41, 5.74) is 7.93. The SMILES string of the molecule is [B]CCc1ccc(CCN(CC)CC2=CC=CNC2=C)c(C)c1C. The molecular formula is C21H29BN2. The van der Waals surface area contributed by atoms with Crippen LogP contribution in [0.5, 0.6) is 0 Å². The molecule has 0 unspecified atom stereocenters. The molecular weight excluding hydrogens is 291 g/mol. The fraction of sp³-hybridized carbons (Fsp3) is 0.429. The second-order valence-electron chi connectivity index (χ2n) is 6.47. The van der Waals surface area contributed by atoms with E-state index in [0.29, 0.717) is 6.32 Å². The maximum atomic E-state index is 5.71. The lowest BCUT2D eigenvalue weighted by molar-refractivity contribution is 0.316. The van der Waals surface area contributed by atoms with E-state index in [-0.39, 0.29) is 0 Å². The molecule has 0 spiro atoms. The lowest BCUT2D eigenvalue weighted by Crippen LogP contribution is -2.30. The number of aryl methyl sites for hydroxylation is 1. The Morgan fingerprint density at radius 1 is 1.12 bits per heavy atom. The minimum absolute atomic E-state index is 0.713. The Morgan fingerprint density at radius 3 is 2.38 bits per heavy atom. The molecule has 0 aliphatic carbocycles. The van der Waals surface area contributed by atoms with Gasteiger partial charge in [-0.25, -0.2) is 0 Å². The van der Waals surface area contributed by atoms with Crippen LogP contribution >= 0.6 is 0 Å². The first-order chi connectivity index (χ1) is 11.6. The summed E-state index contributed by atoms with van der Waals surface area (Å²) in [7, 11) is 5.71. The summed E-state index contributed by atoms with van der Waals surface area (Å²) in [6, 6.07) is 4.53. The van der Waals surface area contributed by atoms with Gasteiger partial charge in [-0.3, -0.25) is 4.90 Å². The van der Waals surface area contributed by atoms with Crippen molar-refractivity contribution in [2.24, 2.45) is 0 Å². The third kappa shape index (κ3) is 4.64. The van der Waals surface area contributed by atoms with Crippen LogP contribution in [0, 0.1) is 13.8 Å². The molecule has 1 heterocycles. The van der Waals surface area contributed by atoms with Gasteiger partial charge in [0.15, 0.2) is 0 Å². The van der Waals surface area contributed by atoms with Crippen molar-refractivity contribution in [2.45, 2.75) is 39.9 Å². The van der Waals surface area contributed by atoms with Crippen molar-refractivity contribution in [3.05, 3.63) is 70.6 Å². The van der Waals surface area contributed by atoms with Crippen LogP contribution < -0.4 is 5.32 Å². The molecule has 24 heavy (non-hydrogen) atoms. The first-order valence-electron chi connectivity index (χ1n) is 8.88. The van der Waals surface area contributed by atoms with Gasteiger partial charge in [0.05, 0.1) is 7.85 Å². The summed E-state index contributed by atoms with van der Waals surface area (Å²) in [6.45, 7) is 13.8. The summed E-state index contributed by atoms with van der Waals surface area (Å²) < 4.78 is 0. The molecule has 2 rings (SSSR count). The predicted octanol–water partition coefficient (Wildman–Crippen LogP) is 3.85. The highest BCUT2D eigenvalue weighted by atomic mass is 15.1. The van der Waals surface area contributed by atoms with Crippen LogP contribution in [-0.2, 0) is 12.8 Å². The number of dihydropyridines is 1. The summed E-state index contributed by atoms with van der Waals surface area (Å²) >= 11 is 0. The maximum Gasteiger partial charge on any atom is 0.0657 e. The predicted molar refractivity (Wildman–Crippen MR) is 105 cm³/mol. The van der Waals surface area contributed by atoms with Crippen LogP contribution in [0.4, 0.5) is 0 Å². The average Bonchev–Trinajstić information content (AvgIpc) is 2.59. The van der Waals surface area contributed by atoms with Crippen molar-refractivity contribution < 1.29 is 0 Å². The van der Waals surface area contributed by atoms with E-state index in [1.165, 1.54) is 27.8 Å². The van der Waals surface area contributed by atoms with Crippen LogP contribution in [0.3, 0.4) is 0 Å². The molecule has 2 radical (unpaired) electrons. The number of benzene rings is 1. The Bertz CT molecular complexity index is 643. The molecule has 0 aromatic heterocycles. The van der Waals surface area contributed by atoms with Gasteiger partial charge in [0, 0.05) is 25.0 Å². The van der Waals surface area contributed by atoms with E-state index in [1.807, 2.05) is 12.3 Å². The van der Waals surface area contributed by atoms with Gasteiger partial charge < -0.3 is 5.32 Å². The molecule has 0 bridgehead atoms. The fourth-order valence-electron chi connectivity index (χ4n) is 3.15. The molecule has 0 amide bonds. The maximum absolute atomic E-state index is 5.71. The van der Waals surface area contributed by atoms with E-state index in [0.717, 1.165) is 38.2 Å². The van der Waals surface area contributed by atoms with Crippen molar-refractivity contribution in [3.63, 3.8) is 0 Å². The van der Waals surface area contributed by atoms with Crippen molar-refractivity contribution in [3.8, 4) is 0 Å². The van der Waals surface area contributed by atoms with E-state index in [4.69, 9.17) is 7.85 Å². The van der Waals surface area contributed by atoms with Crippen molar-refractivity contribution >= 4 is 7.85 Å². The normalized spacial score (nSPS) is 14.0. The van der Waals surface area contributed by atoms with Gasteiger partial charge in [0.2, 0.25) is 0 Å². The largest absolute Gasteiger partial charge is 0.362 e. The summed E-state index contributed by atoms with van der Waals surface area (Å²) in [6.07, 6.45) is 8.87. The third-order valence-electron chi connectivity index (χ3n) is 5.00. The van der Waals surface area contributed by atoms with E-state index in [1.54, 1.807) is 0 Å². The van der Waals surface area contributed by atoms with E-state index in [9.17, 15) is 0 Å². The molecule has 126 valence electrons. The van der Waals surface area contributed by atoms with Crippen molar-refractivity contribution in [1.82, 2.24) is 10.2 Å². The van der Waals surface area contributed by atoms with Crippen molar-refractivity contribution in [1.29, 1.82) is 0 Å². The second kappa shape index (κ2) is 8.93. The van der Waals surface area contributed by atoms with Crippen molar-refractivity contribution in [2.75, 3.05) is 19.6 Å². The molecule has 1 aromatic carbocycles. The zero-order valence-electron chi connectivity index (χ0n) is 15.4. The second-order valence-corrected chi connectivity index (χ2v) is 6.47. The first kappa shape index (κ1) is 18.6. The highest BCUT2D eigenvalue weighted by molar-refractivity contribution is 6.08. The van der Waals surface area contributed by atoms with E-state index >= 15 is 0 Å². The molecule has 0 atom stereocenters. The Labute approximate surface area is 148 Å². The minimum Gasteiger partial charge on any atom is -0.362 e. The molecule has 1 aliphatic rings. The number of nitrogens with one attached hydrogen (secondary N) is 1. The van der Waals surface area contributed by atoms with Crippen LogP contribution in [0.25, 0.3) is 0 Å². The molecule has 0 fully saturated rings. The molecule has 0 saturated carbocycles. The third-order valence-corrected chi connectivity index (χ3v) is 5.00.